The lowest BCUT2D eigenvalue weighted by molar-refractivity contribution is 0.0300. The van der Waals surface area contributed by atoms with Crippen LogP contribution in [0, 0.1) is 5.92 Å². The van der Waals surface area contributed by atoms with Crippen LogP contribution in [-0.2, 0) is 4.74 Å². The molecule has 2 atom stereocenters. The van der Waals surface area contributed by atoms with E-state index in [2.05, 4.69) is 26.2 Å². The topological polar surface area (TPSA) is 47.3 Å². The van der Waals surface area contributed by atoms with Crippen LogP contribution in [0.5, 0.6) is 0 Å². The predicted octanol–water partition coefficient (Wildman–Crippen LogP) is 2.07. The van der Waals surface area contributed by atoms with Crippen molar-refractivity contribution in [2.24, 2.45) is 11.8 Å². The fourth-order valence-corrected chi connectivity index (χ4v) is 1.86. The molecule has 3 heteroatoms. The Morgan fingerprint density at radius 3 is 2.29 bits per heavy atom. The minimum absolute atomic E-state index is 0.219. The lowest BCUT2D eigenvalue weighted by atomic mass is 9.95. The van der Waals surface area contributed by atoms with E-state index >= 15 is 0 Å². The second kappa shape index (κ2) is 8.21. The molecule has 0 bridgehead atoms. The summed E-state index contributed by atoms with van der Waals surface area (Å²) in [4.78, 5) is 0. The first-order valence-electron chi connectivity index (χ1n) is 5.66. The smallest absolute Gasteiger partial charge is 0.0760 e. The highest BCUT2D eigenvalue weighted by Gasteiger charge is 2.22. The average Bonchev–Trinajstić information content (AvgIpc) is 2.16. The van der Waals surface area contributed by atoms with Gasteiger partial charge in [0, 0.05) is 13.2 Å². The van der Waals surface area contributed by atoms with Crippen molar-refractivity contribution in [2.45, 2.75) is 58.6 Å². The van der Waals surface area contributed by atoms with Gasteiger partial charge in [-0.15, -0.1) is 0 Å². The number of nitrogens with one attached hydrogen (secondary N) is 1. The van der Waals surface area contributed by atoms with Crippen molar-refractivity contribution in [3.63, 3.8) is 0 Å². The fourth-order valence-electron chi connectivity index (χ4n) is 1.86. The number of hydrazine groups is 1. The molecule has 0 aromatic rings. The molecule has 0 aromatic heterocycles. The van der Waals surface area contributed by atoms with E-state index in [0.717, 1.165) is 6.42 Å². The molecule has 0 spiro atoms. The standard InChI is InChI=1S/C11H26N2O/c1-5-6-7-8-10(13-12)11(14-4)9(2)3/h9-11,13H,5-8,12H2,1-4H3. The maximum Gasteiger partial charge on any atom is 0.0760 e. The summed E-state index contributed by atoms with van der Waals surface area (Å²) in [5.74, 6) is 6.04. The Hall–Kier alpha value is -0.120. The van der Waals surface area contributed by atoms with Gasteiger partial charge < -0.3 is 4.74 Å². The molecule has 0 aromatic carbocycles. The van der Waals surface area contributed by atoms with Crippen molar-refractivity contribution in [1.29, 1.82) is 0 Å². The summed E-state index contributed by atoms with van der Waals surface area (Å²) in [5, 5.41) is 0. The summed E-state index contributed by atoms with van der Waals surface area (Å²) in [6, 6.07) is 0.284. The van der Waals surface area contributed by atoms with Crippen LogP contribution in [0.4, 0.5) is 0 Å². The lowest BCUT2D eigenvalue weighted by Gasteiger charge is -2.28. The van der Waals surface area contributed by atoms with Gasteiger partial charge in [0.15, 0.2) is 0 Å². The van der Waals surface area contributed by atoms with Crippen LogP contribution in [0.15, 0.2) is 0 Å². The number of hydrogen-bond donors (Lipinski definition) is 2. The van der Waals surface area contributed by atoms with E-state index in [9.17, 15) is 0 Å². The third-order valence-electron chi connectivity index (χ3n) is 2.66. The van der Waals surface area contributed by atoms with Gasteiger partial charge in [-0.05, 0) is 12.3 Å². The van der Waals surface area contributed by atoms with Gasteiger partial charge in [0.25, 0.3) is 0 Å². The summed E-state index contributed by atoms with van der Waals surface area (Å²) in [6.07, 6.45) is 5.05. The van der Waals surface area contributed by atoms with E-state index in [1.54, 1.807) is 7.11 Å². The Kier molecular flexibility index (Phi) is 8.14. The summed E-state index contributed by atoms with van der Waals surface area (Å²) in [7, 11) is 1.76. The minimum atomic E-state index is 0.219. The van der Waals surface area contributed by atoms with E-state index in [-0.39, 0.29) is 12.1 Å². The van der Waals surface area contributed by atoms with Gasteiger partial charge >= 0.3 is 0 Å². The monoisotopic (exact) mass is 202 g/mol. The Morgan fingerprint density at radius 1 is 1.29 bits per heavy atom. The molecule has 0 aliphatic heterocycles. The summed E-state index contributed by atoms with van der Waals surface area (Å²) < 4.78 is 5.45. The van der Waals surface area contributed by atoms with E-state index in [1.165, 1.54) is 19.3 Å². The minimum Gasteiger partial charge on any atom is -0.380 e. The maximum atomic E-state index is 5.54. The number of methoxy groups -OCH3 is 1. The van der Waals surface area contributed by atoms with Crippen molar-refractivity contribution < 1.29 is 4.74 Å². The first-order valence-corrected chi connectivity index (χ1v) is 5.66. The van der Waals surface area contributed by atoms with Gasteiger partial charge in [0.05, 0.1) is 6.10 Å². The molecule has 14 heavy (non-hydrogen) atoms. The van der Waals surface area contributed by atoms with Crippen molar-refractivity contribution in [1.82, 2.24) is 5.43 Å². The second-order valence-corrected chi connectivity index (χ2v) is 4.21. The highest BCUT2D eigenvalue weighted by Crippen LogP contribution is 2.15. The molecule has 0 rings (SSSR count). The molecule has 0 aliphatic rings. The van der Waals surface area contributed by atoms with Crippen LogP contribution in [0.1, 0.15) is 46.5 Å². The molecule has 0 fully saturated rings. The quantitative estimate of drug-likeness (QED) is 0.360. The van der Waals surface area contributed by atoms with Crippen molar-refractivity contribution >= 4 is 0 Å². The van der Waals surface area contributed by atoms with Crippen molar-refractivity contribution in [3.05, 3.63) is 0 Å². The zero-order chi connectivity index (χ0) is 11.0. The summed E-state index contributed by atoms with van der Waals surface area (Å²) in [5.41, 5.74) is 2.87. The highest BCUT2D eigenvalue weighted by molar-refractivity contribution is 4.77. The van der Waals surface area contributed by atoms with Gasteiger partial charge in [0.2, 0.25) is 0 Å². The molecule has 0 saturated heterocycles. The van der Waals surface area contributed by atoms with Crippen LogP contribution in [0.25, 0.3) is 0 Å². The number of ether oxygens (including phenoxy) is 1. The molecular formula is C11H26N2O. The van der Waals surface area contributed by atoms with E-state index < -0.39 is 0 Å². The van der Waals surface area contributed by atoms with Gasteiger partial charge in [-0.25, -0.2) is 0 Å². The van der Waals surface area contributed by atoms with Crippen LogP contribution in [0.2, 0.25) is 0 Å². The molecule has 86 valence electrons. The van der Waals surface area contributed by atoms with Crippen LogP contribution >= 0.6 is 0 Å². The Labute approximate surface area is 88.4 Å². The number of unbranched alkanes of at least 4 members (excludes halogenated alkanes) is 2. The summed E-state index contributed by atoms with van der Waals surface area (Å²) >= 11 is 0. The van der Waals surface area contributed by atoms with E-state index in [0.29, 0.717) is 5.92 Å². The Bertz CT molecular complexity index is 128. The van der Waals surface area contributed by atoms with E-state index in [4.69, 9.17) is 10.6 Å². The first-order chi connectivity index (χ1) is 6.67. The van der Waals surface area contributed by atoms with Crippen LogP contribution in [-0.4, -0.2) is 19.3 Å². The second-order valence-electron chi connectivity index (χ2n) is 4.21. The molecule has 3 nitrogen and oxygen atoms in total. The zero-order valence-electron chi connectivity index (χ0n) is 10.0. The number of rotatable bonds is 8. The van der Waals surface area contributed by atoms with E-state index in [1.807, 2.05) is 0 Å². The van der Waals surface area contributed by atoms with Gasteiger partial charge in [-0.2, -0.15) is 0 Å². The van der Waals surface area contributed by atoms with Crippen molar-refractivity contribution in [3.8, 4) is 0 Å². The SMILES string of the molecule is CCCCCC(NN)C(OC)C(C)C. The third kappa shape index (κ3) is 4.94. The molecule has 0 amide bonds. The Morgan fingerprint density at radius 2 is 1.93 bits per heavy atom. The molecule has 0 aliphatic carbocycles. The molecule has 0 radical (unpaired) electrons. The molecule has 0 saturated carbocycles. The summed E-state index contributed by atoms with van der Waals surface area (Å²) in [6.45, 7) is 6.54. The molecular weight excluding hydrogens is 176 g/mol. The predicted molar refractivity (Wildman–Crippen MR) is 60.9 cm³/mol. The lowest BCUT2D eigenvalue weighted by Crippen LogP contribution is -2.47. The van der Waals surface area contributed by atoms with Gasteiger partial charge in [-0.3, -0.25) is 11.3 Å². The van der Waals surface area contributed by atoms with Crippen LogP contribution in [0.3, 0.4) is 0 Å². The highest BCUT2D eigenvalue weighted by atomic mass is 16.5. The van der Waals surface area contributed by atoms with Gasteiger partial charge in [0.1, 0.15) is 0 Å². The number of nitrogens with two attached hydrogens (primary N) is 1. The van der Waals surface area contributed by atoms with Gasteiger partial charge in [-0.1, -0.05) is 40.0 Å². The Balaban J connectivity index is 3.95. The largest absolute Gasteiger partial charge is 0.380 e. The fraction of sp³-hybridized carbons (Fsp3) is 1.00. The average molecular weight is 202 g/mol. The zero-order valence-corrected chi connectivity index (χ0v) is 10.0. The third-order valence-corrected chi connectivity index (χ3v) is 2.66. The first kappa shape index (κ1) is 13.9. The molecule has 2 unspecified atom stereocenters. The van der Waals surface area contributed by atoms with Crippen LogP contribution < -0.4 is 11.3 Å². The molecule has 0 heterocycles. The molecule has 3 N–H and O–H groups in total. The maximum absolute atomic E-state index is 5.54. The normalized spacial score (nSPS) is 15.9. The van der Waals surface area contributed by atoms with Crippen molar-refractivity contribution in [2.75, 3.05) is 7.11 Å². The number of hydrogen-bond acceptors (Lipinski definition) is 3.